The first-order valence-electron chi connectivity index (χ1n) is 5.75. The molecule has 0 saturated carbocycles. The SMILES string of the molecule is C#CC(CC)NC1CCCc2sc(I)cc21. The highest BCUT2D eigenvalue weighted by molar-refractivity contribution is 14.1. The first-order chi connectivity index (χ1) is 7.74. The van der Waals surface area contributed by atoms with Crippen LogP contribution < -0.4 is 5.32 Å². The highest BCUT2D eigenvalue weighted by atomic mass is 127. The Morgan fingerprint density at radius 3 is 3.25 bits per heavy atom. The van der Waals surface area contributed by atoms with Gasteiger partial charge in [0.05, 0.1) is 8.93 Å². The summed E-state index contributed by atoms with van der Waals surface area (Å²) < 4.78 is 1.39. The smallest absolute Gasteiger partial charge is 0.0689 e. The Labute approximate surface area is 115 Å². The summed E-state index contributed by atoms with van der Waals surface area (Å²) in [7, 11) is 0. The third kappa shape index (κ3) is 2.61. The maximum atomic E-state index is 5.51. The zero-order valence-electron chi connectivity index (χ0n) is 9.42. The van der Waals surface area contributed by atoms with Crippen LogP contribution in [0.5, 0.6) is 0 Å². The number of hydrogen-bond acceptors (Lipinski definition) is 2. The molecular weight excluding hydrogens is 329 g/mol. The molecule has 16 heavy (non-hydrogen) atoms. The second kappa shape index (κ2) is 5.52. The quantitative estimate of drug-likeness (QED) is 0.650. The Kier molecular flexibility index (Phi) is 4.28. The van der Waals surface area contributed by atoms with Crippen LogP contribution in [0.15, 0.2) is 6.07 Å². The summed E-state index contributed by atoms with van der Waals surface area (Å²) in [6.07, 6.45) is 10.3. The molecule has 1 aromatic heterocycles. The first kappa shape index (κ1) is 12.4. The minimum atomic E-state index is 0.216. The molecule has 86 valence electrons. The van der Waals surface area contributed by atoms with E-state index in [4.69, 9.17) is 6.42 Å². The molecule has 0 bridgehead atoms. The van der Waals surface area contributed by atoms with Crippen molar-refractivity contribution in [2.24, 2.45) is 0 Å². The lowest BCUT2D eigenvalue weighted by Gasteiger charge is -2.26. The maximum absolute atomic E-state index is 5.51. The van der Waals surface area contributed by atoms with Gasteiger partial charge in [-0.2, -0.15) is 0 Å². The lowest BCUT2D eigenvalue weighted by Crippen LogP contribution is -2.32. The number of aryl methyl sites for hydroxylation is 1. The van der Waals surface area contributed by atoms with Gasteiger partial charge in [-0.1, -0.05) is 12.8 Å². The molecule has 0 saturated heterocycles. The number of fused-ring (bicyclic) bond motifs is 1. The van der Waals surface area contributed by atoms with E-state index in [2.05, 4.69) is 46.8 Å². The molecule has 0 aromatic carbocycles. The molecule has 3 heteroatoms. The largest absolute Gasteiger partial charge is 0.297 e. The summed E-state index contributed by atoms with van der Waals surface area (Å²) in [5.74, 6) is 2.83. The van der Waals surface area contributed by atoms with Crippen molar-refractivity contribution in [2.75, 3.05) is 0 Å². The van der Waals surface area contributed by atoms with Crippen molar-refractivity contribution in [3.8, 4) is 12.3 Å². The van der Waals surface area contributed by atoms with Gasteiger partial charge >= 0.3 is 0 Å². The van der Waals surface area contributed by atoms with Crippen molar-refractivity contribution < 1.29 is 0 Å². The van der Waals surface area contributed by atoms with Gasteiger partial charge in [-0.25, -0.2) is 0 Å². The molecule has 2 rings (SSSR count). The summed E-state index contributed by atoms with van der Waals surface area (Å²) in [6.45, 7) is 2.14. The van der Waals surface area contributed by atoms with E-state index in [1.807, 2.05) is 11.3 Å². The van der Waals surface area contributed by atoms with Crippen LogP contribution >= 0.6 is 33.9 Å². The molecule has 1 aromatic rings. The monoisotopic (exact) mass is 345 g/mol. The minimum Gasteiger partial charge on any atom is -0.297 e. The number of thiophene rings is 1. The van der Waals surface area contributed by atoms with Gasteiger partial charge in [0.15, 0.2) is 0 Å². The van der Waals surface area contributed by atoms with Crippen molar-refractivity contribution in [1.82, 2.24) is 5.32 Å². The van der Waals surface area contributed by atoms with E-state index in [0.29, 0.717) is 6.04 Å². The number of halogens is 1. The van der Waals surface area contributed by atoms with Crippen molar-refractivity contribution in [1.29, 1.82) is 0 Å². The van der Waals surface area contributed by atoms with Crippen LogP contribution in [-0.4, -0.2) is 6.04 Å². The second-order valence-corrected chi connectivity index (χ2v) is 7.20. The Hall–Kier alpha value is -0.0500. The normalized spacial score (nSPS) is 21.2. The standard InChI is InChI=1S/C13H16INS/c1-3-9(4-2)15-11-6-5-7-12-10(11)8-13(14)16-12/h1,8-9,11,15H,4-7H2,2H3. The Morgan fingerprint density at radius 2 is 2.56 bits per heavy atom. The molecule has 0 amide bonds. The molecule has 2 unspecified atom stereocenters. The maximum Gasteiger partial charge on any atom is 0.0689 e. The Bertz CT molecular complexity index is 405. The lowest BCUT2D eigenvalue weighted by molar-refractivity contribution is 0.431. The van der Waals surface area contributed by atoms with E-state index in [9.17, 15) is 0 Å². The Balaban J connectivity index is 2.15. The Morgan fingerprint density at radius 1 is 1.75 bits per heavy atom. The molecule has 1 aliphatic carbocycles. The van der Waals surface area contributed by atoms with Crippen LogP contribution in [0.25, 0.3) is 0 Å². The lowest BCUT2D eigenvalue weighted by atomic mass is 9.93. The average molecular weight is 345 g/mol. The molecular formula is C13H16INS. The van der Waals surface area contributed by atoms with Crippen molar-refractivity contribution in [2.45, 2.75) is 44.7 Å². The van der Waals surface area contributed by atoms with Crippen LogP contribution in [0.2, 0.25) is 0 Å². The van der Waals surface area contributed by atoms with Gasteiger partial charge < -0.3 is 0 Å². The van der Waals surface area contributed by atoms with Gasteiger partial charge in [-0.05, 0) is 59.9 Å². The third-order valence-corrected chi connectivity index (χ3v) is 5.07. The molecule has 1 aliphatic rings. The summed E-state index contributed by atoms with van der Waals surface area (Å²) in [4.78, 5) is 1.56. The van der Waals surface area contributed by atoms with E-state index in [0.717, 1.165) is 6.42 Å². The van der Waals surface area contributed by atoms with Gasteiger partial charge in [0.25, 0.3) is 0 Å². The van der Waals surface area contributed by atoms with Gasteiger partial charge in [-0.15, -0.1) is 17.8 Å². The minimum absolute atomic E-state index is 0.216. The molecule has 1 N–H and O–H groups in total. The predicted molar refractivity (Wildman–Crippen MR) is 78.8 cm³/mol. The molecule has 2 atom stereocenters. The van der Waals surface area contributed by atoms with Crippen molar-refractivity contribution in [3.05, 3.63) is 19.4 Å². The summed E-state index contributed by atoms with van der Waals surface area (Å²) in [5, 5.41) is 3.59. The third-order valence-electron chi connectivity index (χ3n) is 3.10. The zero-order chi connectivity index (χ0) is 11.5. The topological polar surface area (TPSA) is 12.0 Å². The van der Waals surface area contributed by atoms with Gasteiger partial charge in [0.1, 0.15) is 0 Å². The highest BCUT2D eigenvalue weighted by Crippen LogP contribution is 2.36. The first-order valence-corrected chi connectivity index (χ1v) is 7.64. The number of rotatable bonds is 3. The average Bonchev–Trinajstić information content (AvgIpc) is 2.67. The van der Waals surface area contributed by atoms with E-state index < -0.39 is 0 Å². The number of terminal acetylenes is 1. The molecule has 1 heterocycles. The summed E-state index contributed by atoms with van der Waals surface area (Å²) in [5.41, 5.74) is 1.49. The van der Waals surface area contributed by atoms with Crippen molar-refractivity contribution in [3.63, 3.8) is 0 Å². The van der Waals surface area contributed by atoms with Crippen molar-refractivity contribution >= 4 is 33.9 Å². The van der Waals surface area contributed by atoms with Crippen LogP contribution in [0.1, 0.15) is 42.7 Å². The molecule has 0 fully saturated rings. The van der Waals surface area contributed by atoms with E-state index in [1.165, 1.54) is 27.7 Å². The molecule has 0 aliphatic heterocycles. The summed E-state index contributed by atoms with van der Waals surface area (Å²) in [6, 6.07) is 3.01. The van der Waals surface area contributed by atoms with E-state index in [1.54, 1.807) is 4.88 Å². The molecule has 0 radical (unpaired) electrons. The van der Waals surface area contributed by atoms with Gasteiger partial charge in [0.2, 0.25) is 0 Å². The van der Waals surface area contributed by atoms with Crippen LogP contribution in [0.4, 0.5) is 0 Å². The van der Waals surface area contributed by atoms with Crippen LogP contribution in [-0.2, 0) is 6.42 Å². The fourth-order valence-corrected chi connectivity index (χ4v) is 4.34. The van der Waals surface area contributed by atoms with E-state index >= 15 is 0 Å². The highest BCUT2D eigenvalue weighted by Gasteiger charge is 2.23. The van der Waals surface area contributed by atoms with E-state index in [-0.39, 0.29) is 6.04 Å². The molecule has 0 spiro atoms. The molecule has 1 nitrogen and oxygen atoms in total. The second-order valence-electron chi connectivity index (χ2n) is 4.17. The number of nitrogens with one attached hydrogen (secondary N) is 1. The fourth-order valence-electron chi connectivity index (χ4n) is 2.22. The van der Waals surface area contributed by atoms with Crippen LogP contribution in [0.3, 0.4) is 0 Å². The number of hydrogen-bond donors (Lipinski definition) is 1. The zero-order valence-corrected chi connectivity index (χ0v) is 12.4. The van der Waals surface area contributed by atoms with Gasteiger partial charge in [0, 0.05) is 10.9 Å². The predicted octanol–water partition coefficient (Wildman–Crippen LogP) is 3.73. The summed E-state index contributed by atoms with van der Waals surface area (Å²) >= 11 is 4.34. The van der Waals surface area contributed by atoms with Crippen LogP contribution in [0, 0.1) is 15.2 Å². The van der Waals surface area contributed by atoms with Gasteiger partial charge in [-0.3, -0.25) is 5.32 Å². The fraction of sp³-hybridized carbons (Fsp3) is 0.538.